The van der Waals surface area contributed by atoms with Crippen LogP contribution in [0.1, 0.15) is 54.5 Å². The molecule has 2 saturated heterocycles. The molecule has 0 saturated carbocycles. The number of rotatable bonds is 5. The van der Waals surface area contributed by atoms with Gasteiger partial charge in [-0.3, -0.25) is 19.5 Å². The maximum Gasteiger partial charge on any atom is 0.230 e. The van der Waals surface area contributed by atoms with Crippen LogP contribution in [0.4, 0.5) is 5.69 Å². The Labute approximate surface area is 219 Å². The van der Waals surface area contributed by atoms with Crippen LogP contribution in [0.15, 0.2) is 30.5 Å². The third-order valence-corrected chi connectivity index (χ3v) is 9.54. The molecule has 9 heteroatoms. The molecule has 2 amide bonds. The van der Waals surface area contributed by atoms with Crippen molar-refractivity contribution in [2.24, 2.45) is 0 Å². The van der Waals surface area contributed by atoms with Crippen LogP contribution in [-0.2, 0) is 22.6 Å². The molecule has 0 bridgehead atoms. The Morgan fingerprint density at radius 2 is 2.00 bits per heavy atom. The minimum absolute atomic E-state index is 0.0251. The van der Waals surface area contributed by atoms with Gasteiger partial charge < -0.3 is 10.4 Å². The number of fused-ring (bicyclic) bond motifs is 2. The highest BCUT2D eigenvalue weighted by Gasteiger charge is 2.42. The number of aromatic nitrogens is 1. The number of nitrogens with one attached hydrogen (secondary N) is 1. The van der Waals surface area contributed by atoms with Crippen molar-refractivity contribution in [3.05, 3.63) is 46.5 Å². The van der Waals surface area contributed by atoms with Crippen LogP contribution < -0.4 is 5.32 Å². The fourth-order valence-electron chi connectivity index (χ4n) is 5.78. The number of aryl methyl sites for hydroxylation is 1. The molecular formula is C27H29ClN4O3S. The minimum atomic E-state index is -0.433. The molecule has 2 aromatic heterocycles. The van der Waals surface area contributed by atoms with Crippen LogP contribution in [0.5, 0.6) is 0 Å². The zero-order valence-electron chi connectivity index (χ0n) is 20.2. The summed E-state index contributed by atoms with van der Waals surface area (Å²) in [7, 11) is 0. The first-order valence-electron chi connectivity index (χ1n) is 12.5. The summed E-state index contributed by atoms with van der Waals surface area (Å²) in [5.41, 5.74) is 6.42. The normalized spacial score (nSPS) is 24.5. The van der Waals surface area contributed by atoms with Gasteiger partial charge in [0.2, 0.25) is 11.8 Å². The first-order valence-corrected chi connectivity index (χ1v) is 13.7. The second kappa shape index (κ2) is 9.10. The van der Waals surface area contributed by atoms with Gasteiger partial charge in [0.15, 0.2) is 0 Å². The molecule has 7 nitrogen and oxygen atoms in total. The van der Waals surface area contributed by atoms with Gasteiger partial charge in [-0.2, -0.15) is 0 Å². The van der Waals surface area contributed by atoms with Crippen LogP contribution in [0, 0.1) is 0 Å². The van der Waals surface area contributed by atoms with Gasteiger partial charge in [0.05, 0.1) is 28.9 Å². The van der Waals surface area contributed by atoms with E-state index in [2.05, 4.69) is 28.5 Å². The van der Waals surface area contributed by atoms with Gasteiger partial charge in [-0.25, -0.2) is 4.42 Å². The lowest BCUT2D eigenvalue weighted by Crippen LogP contribution is -2.38. The molecule has 0 unspecified atom stereocenters. The molecule has 36 heavy (non-hydrogen) atoms. The topological polar surface area (TPSA) is 85.8 Å². The van der Waals surface area contributed by atoms with E-state index in [1.807, 2.05) is 19.2 Å². The fraction of sp³-hybridized carbons (Fsp3) is 0.444. The van der Waals surface area contributed by atoms with E-state index in [0.29, 0.717) is 25.9 Å². The molecule has 188 valence electrons. The molecule has 0 aliphatic carbocycles. The van der Waals surface area contributed by atoms with Crippen molar-refractivity contribution in [3.8, 4) is 11.1 Å². The number of anilines is 1. The molecule has 3 aromatic rings. The first-order chi connectivity index (χ1) is 17.4. The molecule has 6 rings (SSSR count). The summed E-state index contributed by atoms with van der Waals surface area (Å²) in [6, 6.07) is 8.65. The van der Waals surface area contributed by atoms with E-state index >= 15 is 0 Å². The minimum Gasteiger partial charge on any atom is -0.394 e. The maximum absolute atomic E-state index is 12.2. The SMILES string of the molecule is C[C@@]1(CO)C[C@H](c2cc3c(c(-c4ccnc5cc(CN6C(=O)CCC6=O)sc45)c2)NCCC3)CN1Cl. The van der Waals surface area contributed by atoms with E-state index in [0.717, 1.165) is 52.0 Å². The molecule has 0 radical (unpaired) electrons. The number of likely N-dealkylation sites (tertiary alicyclic amines) is 1. The van der Waals surface area contributed by atoms with E-state index in [9.17, 15) is 14.7 Å². The Hall–Kier alpha value is -2.52. The summed E-state index contributed by atoms with van der Waals surface area (Å²) >= 11 is 8.14. The number of amides is 2. The lowest BCUT2D eigenvalue weighted by Gasteiger charge is -2.27. The largest absolute Gasteiger partial charge is 0.394 e. The summed E-state index contributed by atoms with van der Waals surface area (Å²) in [6.07, 6.45) is 5.33. The van der Waals surface area contributed by atoms with Crippen LogP contribution in [0.3, 0.4) is 0 Å². The number of benzene rings is 1. The van der Waals surface area contributed by atoms with Crippen molar-refractivity contribution >= 4 is 50.8 Å². The number of thiophene rings is 1. The highest BCUT2D eigenvalue weighted by molar-refractivity contribution is 7.19. The van der Waals surface area contributed by atoms with Gasteiger partial charge >= 0.3 is 0 Å². The third-order valence-electron chi connectivity index (χ3n) is 7.85. The zero-order chi connectivity index (χ0) is 25.0. The number of carbonyl (C=O) groups excluding carboxylic acids is 2. The van der Waals surface area contributed by atoms with Crippen molar-refractivity contribution in [2.45, 2.75) is 57.0 Å². The smallest absolute Gasteiger partial charge is 0.230 e. The molecule has 5 heterocycles. The molecule has 2 atom stereocenters. The van der Waals surface area contributed by atoms with E-state index in [1.54, 1.807) is 15.8 Å². The van der Waals surface area contributed by atoms with Crippen LogP contribution in [0.25, 0.3) is 21.3 Å². The van der Waals surface area contributed by atoms with Crippen molar-refractivity contribution < 1.29 is 14.7 Å². The van der Waals surface area contributed by atoms with Gasteiger partial charge in [-0.1, -0.05) is 6.07 Å². The molecule has 1 aromatic carbocycles. The molecule has 2 fully saturated rings. The summed E-state index contributed by atoms with van der Waals surface area (Å²) < 4.78 is 2.82. The Bertz CT molecular complexity index is 1360. The molecule has 3 aliphatic heterocycles. The number of imide groups is 1. The Balaban J connectivity index is 1.43. The molecule has 2 N–H and O–H groups in total. The average Bonchev–Trinajstić information content (AvgIpc) is 3.54. The first kappa shape index (κ1) is 23.9. The van der Waals surface area contributed by atoms with Crippen molar-refractivity contribution in [1.29, 1.82) is 0 Å². The fourth-order valence-corrected chi connectivity index (χ4v) is 7.20. The van der Waals surface area contributed by atoms with Gasteiger partial charge in [-0.05, 0) is 73.2 Å². The molecular weight excluding hydrogens is 496 g/mol. The van der Waals surface area contributed by atoms with Gasteiger partial charge in [-0.15, -0.1) is 11.3 Å². The lowest BCUT2D eigenvalue weighted by molar-refractivity contribution is -0.138. The predicted molar refractivity (Wildman–Crippen MR) is 142 cm³/mol. The number of hydrogen-bond acceptors (Lipinski definition) is 7. The van der Waals surface area contributed by atoms with Gasteiger partial charge in [0.1, 0.15) is 0 Å². The highest BCUT2D eigenvalue weighted by atomic mass is 35.5. The predicted octanol–water partition coefficient (Wildman–Crippen LogP) is 4.66. The van der Waals surface area contributed by atoms with Crippen molar-refractivity contribution in [3.63, 3.8) is 0 Å². The summed E-state index contributed by atoms with van der Waals surface area (Å²) in [5.74, 6) is 0.0295. The van der Waals surface area contributed by atoms with Crippen molar-refractivity contribution in [1.82, 2.24) is 14.3 Å². The number of halogens is 1. The summed E-state index contributed by atoms with van der Waals surface area (Å²) in [4.78, 5) is 31.3. The number of carbonyl (C=O) groups is 2. The monoisotopic (exact) mass is 524 g/mol. The van der Waals surface area contributed by atoms with Crippen molar-refractivity contribution in [2.75, 3.05) is 25.0 Å². The Morgan fingerprint density at radius 1 is 1.19 bits per heavy atom. The summed E-state index contributed by atoms with van der Waals surface area (Å²) in [6.45, 7) is 3.97. The number of hydrogen-bond donors (Lipinski definition) is 2. The number of aliphatic hydroxyl groups is 1. The van der Waals surface area contributed by atoms with Gasteiger partial charge in [0, 0.05) is 53.8 Å². The van der Waals surface area contributed by atoms with E-state index < -0.39 is 5.54 Å². The standard InChI is InChI=1S/C27H29ClN4O3S/c1-27(15-33)12-18(13-32(27)28)17-9-16-3-2-7-30-25(16)21(10-17)20-6-8-29-22-11-19(36-26(20)22)14-31-23(34)4-5-24(31)35/h6,8-11,18,30,33H,2-5,7,12-15H2,1H3/t18-,27-/m0/s1. The van der Waals surface area contributed by atoms with Crippen LogP contribution in [0.2, 0.25) is 0 Å². The average molecular weight is 525 g/mol. The quantitative estimate of drug-likeness (QED) is 0.373. The van der Waals surface area contributed by atoms with E-state index in [1.165, 1.54) is 21.7 Å². The van der Waals surface area contributed by atoms with E-state index in [-0.39, 0.29) is 24.3 Å². The van der Waals surface area contributed by atoms with E-state index in [4.69, 9.17) is 11.8 Å². The third kappa shape index (κ3) is 4.00. The molecule has 3 aliphatic rings. The van der Waals surface area contributed by atoms with Gasteiger partial charge in [0.25, 0.3) is 0 Å². The zero-order valence-corrected chi connectivity index (χ0v) is 21.8. The number of pyridine rings is 1. The Morgan fingerprint density at radius 3 is 2.75 bits per heavy atom. The summed E-state index contributed by atoms with van der Waals surface area (Å²) in [5, 5.41) is 13.6. The number of aliphatic hydroxyl groups excluding tert-OH is 1. The molecule has 0 spiro atoms. The maximum atomic E-state index is 12.2. The van der Waals surface area contributed by atoms with Crippen LogP contribution in [-0.4, -0.2) is 56.5 Å². The van der Waals surface area contributed by atoms with Crippen LogP contribution >= 0.6 is 23.1 Å². The second-order valence-electron chi connectivity index (χ2n) is 10.4. The second-order valence-corrected chi connectivity index (χ2v) is 11.9. The lowest BCUT2D eigenvalue weighted by atomic mass is 9.85. The number of nitrogens with zero attached hydrogens (tertiary/aromatic N) is 3. The highest BCUT2D eigenvalue weighted by Crippen LogP contribution is 2.45. The Kier molecular flexibility index (Phi) is 6.03.